The molecule has 0 unspecified atom stereocenters. The maximum atomic E-state index is 13.9. The Bertz CT molecular complexity index is 1420. The Hall–Kier alpha value is -4.98. The lowest BCUT2D eigenvalue weighted by atomic mass is 9.96. The van der Waals surface area contributed by atoms with Crippen molar-refractivity contribution in [2.45, 2.75) is 90.5 Å². The van der Waals surface area contributed by atoms with Gasteiger partial charge in [-0.05, 0) is 48.4 Å². The van der Waals surface area contributed by atoms with Crippen molar-refractivity contribution in [1.29, 1.82) is 0 Å². The highest BCUT2D eigenvalue weighted by molar-refractivity contribution is 5.96. The van der Waals surface area contributed by atoms with Gasteiger partial charge in [0.25, 0.3) is 0 Å². The molecule has 2 aromatic rings. The number of carbonyl (C=O) groups excluding carboxylic acids is 5. The summed E-state index contributed by atoms with van der Waals surface area (Å²) in [5, 5.41) is 32.2. The SMILES string of the molecule is CC[C@H](C)[C@H](NC(=O)[C@H](C)N)C(=O)N[C@@H](Cc1ccc(O)cc1)C(=O)N[C@@H](Cc1ccccc1)C(=O)NCC(=O)N[C@@H](CC(C)C)C(=O)O. The minimum atomic E-state index is -1.22. The molecule has 0 saturated heterocycles. The Balaban J connectivity index is 2.33. The summed E-state index contributed by atoms with van der Waals surface area (Å²) in [7, 11) is 0. The molecule has 0 aliphatic heterocycles. The number of benzene rings is 2. The summed E-state index contributed by atoms with van der Waals surface area (Å²) in [6.07, 6.45) is 0.734. The fourth-order valence-electron chi connectivity index (χ4n) is 4.89. The molecule has 6 atom stereocenters. The van der Waals surface area contributed by atoms with Gasteiger partial charge in [-0.2, -0.15) is 0 Å². The molecular formula is C35H50N6O8. The third-order valence-electron chi connectivity index (χ3n) is 7.90. The number of hydrogen-bond acceptors (Lipinski definition) is 8. The molecule has 5 amide bonds. The van der Waals surface area contributed by atoms with Crippen LogP contribution in [0.1, 0.15) is 58.6 Å². The molecule has 14 heteroatoms. The van der Waals surface area contributed by atoms with Gasteiger partial charge in [-0.3, -0.25) is 24.0 Å². The van der Waals surface area contributed by atoms with Crippen LogP contribution >= 0.6 is 0 Å². The van der Waals surface area contributed by atoms with E-state index in [0.717, 1.165) is 0 Å². The third kappa shape index (κ3) is 14.0. The lowest BCUT2D eigenvalue weighted by Crippen LogP contribution is -2.59. The quantitative estimate of drug-likeness (QED) is 0.104. The number of phenols is 1. The molecule has 9 N–H and O–H groups in total. The topological polar surface area (TPSA) is 229 Å². The number of carboxylic acid groups (broad SMARTS) is 1. The predicted molar refractivity (Wildman–Crippen MR) is 183 cm³/mol. The van der Waals surface area contributed by atoms with Crippen LogP contribution in [0.4, 0.5) is 0 Å². The number of aliphatic carboxylic acids is 1. The molecule has 0 spiro atoms. The molecule has 268 valence electrons. The molecule has 2 rings (SSSR count). The van der Waals surface area contributed by atoms with E-state index in [2.05, 4.69) is 26.6 Å². The van der Waals surface area contributed by atoms with Gasteiger partial charge in [0.1, 0.15) is 29.9 Å². The zero-order chi connectivity index (χ0) is 36.7. The number of rotatable bonds is 19. The van der Waals surface area contributed by atoms with E-state index < -0.39 is 72.3 Å². The van der Waals surface area contributed by atoms with Gasteiger partial charge in [-0.25, -0.2) is 4.79 Å². The van der Waals surface area contributed by atoms with Gasteiger partial charge >= 0.3 is 5.97 Å². The zero-order valence-corrected chi connectivity index (χ0v) is 28.7. The van der Waals surface area contributed by atoms with Crippen LogP contribution in [0, 0.1) is 11.8 Å². The average molecular weight is 683 g/mol. The van der Waals surface area contributed by atoms with Crippen molar-refractivity contribution in [3.05, 3.63) is 65.7 Å². The minimum absolute atomic E-state index is 0.00238. The van der Waals surface area contributed by atoms with E-state index in [1.807, 2.05) is 20.8 Å². The van der Waals surface area contributed by atoms with E-state index in [1.54, 1.807) is 49.4 Å². The van der Waals surface area contributed by atoms with Gasteiger partial charge in [-0.1, -0.05) is 76.6 Å². The number of aromatic hydroxyl groups is 1. The fourth-order valence-corrected chi connectivity index (χ4v) is 4.89. The van der Waals surface area contributed by atoms with E-state index in [4.69, 9.17) is 5.73 Å². The van der Waals surface area contributed by atoms with E-state index in [9.17, 15) is 39.0 Å². The molecular weight excluding hydrogens is 632 g/mol. The second-order valence-electron chi connectivity index (χ2n) is 12.6. The first-order valence-corrected chi connectivity index (χ1v) is 16.4. The molecule has 14 nitrogen and oxygen atoms in total. The predicted octanol–water partition coefficient (Wildman–Crippen LogP) is 0.757. The number of phenolic OH excluding ortho intramolecular Hbond substituents is 1. The normalized spacial score (nSPS) is 14.7. The first kappa shape index (κ1) is 40.2. The lowest BCUT2D eigenvalue weighted by Gasteiger charge is -2.28. The maximum absolute atomic E-state index is 13.9. The van der Waals surface area contributed by atoms with Crippen LogP contribution < -0.4 is 32.3 Å². The second-order valence-corrected chi connectivity index (χ2v) is 12.6. The van der Waals surface area contributed by atoms with Crippen molar-refractivity contribution < 1.29 is 39.0 Å². The summed E-state index contributed by atoms with van der Waals surface area (Å²) in [6, 6.07) is 9.44. The number of nitrogens with one attached hydrogen (secondary N) is 5. The number of nitrogens with two attached hydrogens (primary N) is 1. The number of carboxylic acids is 1. The van der Waals surface area contributed by atoms with Gasteiger partial charge in [0.05, 0.1) is 12.6 Å². The zero-order valence-electron chi connectivity index (χ0n) is 28.7. The Morgan fingerprint density at radius 3 is 1.78 bits per heavy atom. The summed E-state index contributed by atoms with van der Waals surface area (Å²) in [5.41, 5.74) is 7.01. The first-order valence-electron chi connectivity index (χ1n) is 16.4. The van der Waals surface area contributed by atoms with E-state index in [1.165, 1.54) is 19.1 Å². The molecule has 2 aromatic carbocycles. The van der Waals surface area contributed by atoms with E-state index >= 15 is 0 Å². The molecule has 49 heavy (non-hydrogen) atoms. The van der Waals surface area contributed by atoms with Gasteiger partial charge < -0.3 is 42.5 Å². The Morgan fingerprint density at radius 1 is 0.694 bits per heavy atom. The van der Waals surface area contributed by atoms with Crippen molar-refractivity contribution >= 4 is 35.5 Å². The first-order chi connectivity index (χ1) is 23.1. The Labute approximate surface area is 287 Å². The van der Waals surface area contributed by atoms with Crippen molar-refractivity contribution in [3.8, 4) is 5.75 Å². The minimum Gasteiger partial charge on any atom is -0.508 e. The molecule has 0 aromatic heterocycles. The molecule has 0 aliphatic rings. The number of hydrogen-bond donors (Lipinski definition) is 8. The summed E-state index contributed by atoms with van der Waals surface area (Å²) in [6.45, 7) is 8.21. The van der Waals surface area contributed by atoms with Crippen molar-refractivity contribution in [2.75, 3.05) is 6.54 Å². The van der Waals surface area contributed by atoms with Gasteiger partial charge in [0.2, 0.25) is 29.5 Å². The highest BCUT2D eigenvalue weighted by Crippen LogP contribution is 2.14. The van der Waals surface area contributed by atoms with Crippen molar-refractivity contribution in [3.63, 3.8) is 0 Å². The van der Waals surface area contributed by atoms with Crippen LogP contribution in [-0.4, -0.2) is 82.5 Å². The largest absolute Gasteiger partial charge is 0.508 e. The molecule has 0 bridgehead atoms. The van der Waals surface area contributed by atoms with Gasteiger partial charge in [0, 0.05) is 12.8 Å². The summed E-state index contributed by atoms with van der Waals surface area (Å²) in [4.78, 5) is 77.6. The average Bonchev–Trinajstić information content (AvgIpc) is 3.05. The smallest absolute Gasteiger partial charge is 0.326 e. The van der Waals surface area contributed by atoms with Crippen LogP contribution in [0.3, 0.4) is 0 Å². The van der Waals surface area contributed by atoms with Crippen LogP contribution in [0.15, 0.2) is 54.6 Å². The molecule has 0 radical (unpaired) electrons. The highest BCUT2D eigenvalue weighted by atomic mass is 16.4. The second kappa shape index (κ2) is 19.7. The van der Waals surface area contributed by atoms with Crippen molar-refractivity contribution in [2.24, 2.45) is 17.6 Å². The van der Waals surface area contributed by atoms with Gasteiger partial charge in [-0.15, -0.1) is 0 Å². The third-order valence-corrected chi connectivity index (χ3v) is 7.90. The van der Waals surface area contributed by atoms with Crippen LogP contribution in [-0.2, 0) is 41.6 Å². The summed E-state index contributed by atoms with van der Waals surface area (Å²) >= 11 is 0. The molecule has 0 heterocycles. The van der Waals surface area contributed by atoms with E-state index in [-0.39, 0.29) is 36.8 Å². The number of amides is 5. The maximum Gasteiger partial charge on any atom is 0.326 e. The fraction of sp³-hybridized carbons (Fsp3) is 0.486. The highest BCUT2D eigenvalue weighted by Gasteiger charge is 2.32. The Kier molecular flexibility index (Phi) is 16.2. The van der Waals surface area contributed by atoms with Crippen LogP contribution in [0.25, 0.3) is 0 Å². The van der Waals surface area contributed by atoms with Crippen molar-refractivity contribution in [1.82, 2.24) is 26.6 Å². The van der Waals surface area contributed by atoms with Crippen LogP contribution in [0.5, 0.6) is 5.75 Å². The molecule has 0 fully saturated rings. The summed E-state index contributed by atoms with van der Waals surface area (Å²) in [5.74, 6) is -4.82. The van der Waals surface area contributed by atoms with Crippen LogP contribution in [0.2, 0.25) is 0 Å². The molecule has 0 saturated carbocycles. The molecule has 0 aliphatic carbocycles. The number of carbonyl (C=O) groups is 6. The standard InChI is InChI=1S/C35H50N6O8/c1-6-21(4)30(41-31(44)22(5)36)34(47)40-27(18-24-12-14-25(42)15-13-24)33(46)39-26(17-23-10-8-7-9-11-23)32(45)37-19-29(43)38-28(35(48)49)16-20(2)3/h7-15,20-22,26-28,30,42H,6,16-19,36H2,1-5H3,(H,37,45)(H,38,43)(H,39,46)(H,40,47)(H,41,44)(H,48,49)/t21-,22-,26-,27-,28-,30-/m0/s1. The lowest BCUT2D eigenvalue weighted by molar-refractivity contribution is -0.142. The summed E-state index contributed by atoms with van der Waals surface area (Å²) < 4.78 is 0. The van der Waals surface area contributed by atoms with E-state index in [0.29, 0.717) is 17.5 Å². The monoisotopic (exact) mass is 682 g/mol. The Morgan fingerprint density at radius 2 is 1.24 bits per heavy atom. The van der Waals surface area contributed by atoms with Gasteiger partial charge in [0.15, 0.2) is 0 Å².